The van der Waals surface area contributed by atoms with Gasteiger partial charge in [0.15, 0.2) is 11.0 Å². The minimum atomic E-state index is -0.0625. The number of thioether (sulfide) groups is 1. The zero-order valence-electron chi connectivity index (χ0n) is 18.8. The minimum Gasteiger partial charge on any atom is -0.510 e. The largest absolute Gasteiger partial charge is 0.510 e. The van der Waals surface area contributed by atoms with Gasteiger partial charge in [-0.25, -0.2) is 4.98 Å². The molecule has 2 N–H and O–H groups in total. The molecular formula is C24H25N7O2S. The van der Waals surface area contributed by atoms with Crippen molar-refractivity contribution in [3.8, 4) is 6.07 Å². The highest BCUT2D eigenvalue weighted by molar-refractivity contribution is 7.99. The van der Waals surface area contributed by atoms with Gasteiger partial charge in [0.25, 0.3) is 0 Å². The van der Waals surface area contributed by atoms with Crippen molar-refractivity contribution in [3.05, 3.63) is 60.0 Å². The Morgan fingerprint density at radius 1 is 1.24 bits per heavy atom. The average Bonchev–Trinajstić information content (AvgIpc) is 3.59. The summed E-state index contributed by atoms with van der Waals surface area (Å²) >= 11 is 1.33. The van der Waals surface area contributed by atoms with Crippen LogP contribution >= 0.6 is 11.8 Å². The molecule has 0 bridgehead atoms. The Bertz CT molecular complexity index is 1310. The molecule has 1 aliphatic heterocycles. The topological polar surface area (TPSA) is 120 Å². The Hall–Kier alpha value is -3.71. The standard InChI is InChI=1S/C24H25N7O2S/c1-16-8-10-30(11-9-16)23-28-29-24(31(23)14-17-5-4-12-33-17)34-15-21(32)18(13-25)22-26-19-6-2-3-7-20(19)27-22/h2-7,12,16,32H,8-11,14-15H2,1H3,(H,26,27)/b21-18-. The van der Waals surface area contributed by atoms with E-state index in [9.17, 15) is 10.4 Å². The molecule has 0 saturated carbocycles. The van der Waals surface area contributed by atoms with Gasteiger partial charge in [0.2, 0.25) is 5.95 Å². The fourth-order valence-electron chi connectivity index (χ4n) is 4.06. The van der Waals surface area contributed by atoms with Gasteiger partial charge in [0.05, 0.1) is 29.6 Å². The fourth-order valence-corrected chi connectivity index (χ4v) is 4.87. The maximum Gasteiger partial charge on any atom is 0.228 e. The molecule has 0 aliphatic carbocycles. The predicted octanol–water partition coefficient (Wildman–Crippen LogP) is 4.62. The predicted molar refractivity (Wildman–Crippen MR) is 130 cm³/mol. The van der Waals surface area contributed by atoms with Crippen LogP contribution in [-0.2, 0) is 6.54 Å². The number of imidazole rings is 1. The second-order valence-electron chi connectivity index (χ2n) is 8.44. The lowest BCUT2D eigenvalue weighted by Crippen LogP contribution is -2.35. The highest BCUT2D eigenvalue weighted by Crippen LogP contribution is 2.29. The van der Waals surface area contributed by atoms with E-state index >= 15 is 0 Å². The molecule has 174 valence electrons. The summed E-state index contributed by atoms with van der Waals surface area (Å²) in [5.41, 5.74) is 1.67. The van der Waals surface area contributed by atoms with E-state index < -0.39 is 0 Å². The SMILES string of the molecule is CC1CCN(c2nnc(SC/C(O)=C(\C#N)c3nc4ccccc4[nH]3)n2Cc2ccco2)CC1. The first kappa shape index (κ1) is 22.1. The molecular weight excluding hydrogens is 450 g/mol. The van der Waals surface area contributed by atoms with Crippen molar-refractivity contribution < 1.29 is 9.52 Å². The van der Waals surface area contributed by atoms with E-state index in [-0.39, 0.29) is 17.1 Å². The van der Waals surface area contributed by atoms with Crippen LogP contribution in [0.4, 0.5) is 5.95 Å². The number of aliphatic hydroxyl groups excluding tert-OH is 1. The second kappa shape index (κ2) is 9.65. The number of hydrogen-bond acceptors (Lipinski definition) is 8. The van der Waals surface area contributed by atoms with E-state index in [2.05, 4.69) is 38.1 Å². The first-order valence-corrected chi connectivity index (χ1v) is 12.2. The van der Waals surface area contributed by atoms with E-state index in [0.29, 0.717) is 23.4 Å². The number of nitriles is 1. The molecule has 1 fully saturated rings. The van der Waals surface area contributed by atoms with Gasteiger partial charge in [-0.2, -0.15) is 5.26 Å². The van der Waals surface area contributed by atoms with Crippen LogP contribution in [0.2, 0.25) is 0 Å². The number of anilines is 1. The fraction of sp³-hybridized carbons (Fsp3) is 0.333. The molecule has 0 radical (unpaired) electrons. The summed E-state index contributed by atoms with van der Waals surface area (Å²) in [6.07, 6.45) is 3.88. The number of fused-ring (bicyclic) bond motifs is 1. The Morgan fingerprint density at radius 3 is 2.79 bits per heavy atom. The number of aliphatic hydroxyl groups is 1. The van der Waals surface area contributed by atoms with Crippen LogP contribution in [0.5, 0.6) is 0 Å². The van der Waals surface area contributed by atoms with Crippen molar-refractivity contribution in [2.45, 2.75) is 31.5 Å². The molecule has 4 heterocycles. The van der Waals surface area contributed by atoms with Crippen molar-refractivity contribution in [2.75, 3.05) is 23.7 Å². The first-order valence-electron chi connectivity index (χ1n) is 11.2. The van der Waals surface area contributed by atoms with E-state index in [1.54, 1.807) is 6.26 Å². The summed E-state index contributed by atoms with van der Waals surface area (Å²) in [5, 5.41) is 30.0. The number of aromatic nitrogens is 5. The zero-order chi connectivity index (χ0) is 23.5. The third-order valence-electron chi connectivity index (χ3n) is 6.02. The molecule has 34 heavy (non-hydrogen) atoms. The highest BCUT2D eigenvalue weighted by atomic mass is 32.2. The average molecular weight is 476 g/mol. The van der Waals surface area contributed by atoms with Crippen LogP contribution in [0.25, 0.3) is 16.6 Å². The molecule has 0 spiro atoms. The number of hydrogen-bond donors (Lipinski definition) is 2. The molecule has 0 amide bonds. The van der Waals surface area contributed by atoms with Crippen molar-refractivity contribution in [1.29, 1.82) is 5.26 Å². The van der Waals surface area contributed by atoms with Gasteiger partial charge in [-0.3, -0.25) is 4.57 Å². The first-order chi connectivity index (χ1) is 16.6. The number of rotatable bonds is 7. The molecule has 1 saturated heterocycles. The number of nitrogens with one attached hydrogen (secondary N) is 1. The highest BCUT2D eigenvalue weighted by Gasteiger charge is 2.24. The Kier molecular flexibility index (Phi) is 6.27. The van der Waals surface area contributed by atoms with Crippen LogP contribution < -0.4 is 4.90 Å². The quantitative estimate of drug-likeness (QED) is 0.226. The molecule has 1 aliphatic rings. The van der Waals surface area contributed by atoms with Crippen LogP contribution in [0.15, 0.2) is 58.0 Å². The number of H-pyrrole nitrogens is 1. The maximum absolute atomic E-state index is 10.8. The summed E-state index contributed by atoms with van der Waals surface area (Å²) in [5.74, 6) is 2.75. The number of para-hydroxylation sites is 2. The van der Waals surface area contributed by atoms with Crippen LogP contribution in [0, 0.1) is 17.2 Å². The number of piperidine rings is 1. The molecule has 9 nitrogen and oxygen atoms in total. The van der Waals surface area contributed by atoms with Crippen molar-refractivity contribution >= 4 is 34.3 Å². The number of allylic oxidation sites excluding steroid dienone is 1. The van der Waals surface area contributed by atoms with Gasteiger partial charge >= 0.3 is 0 Å². The maximum atomic E-state index is 10.8. The summed E-state index contributed by atoms with van der Waals surface area (Å²) in [4.78, 5) is 9.80. The Labute approximate surface area is 201 Å². The number of furan rings is 1. The van der Waals surface area contributed by atoms with E-state index in [1.807, 2.05) is 41.0 Å². The molecule has 5 rings (SSSR count). The summed E-state index contributed by atoms with van der Waals surface area (Å²) < 4.78 is 7.58. The molecule has 0 atom stereocenters. The number of aromatic amines is 1. The Morgan fingerprint density at radius 2 is 2.06 bits per heavy atom. The molecule has 3 aromatic heterocycles. The van der Waals surface area contributed by atoms with Gasteiger partial charge in [-0.1, -0.05) is 30.8 Å². The Balaban J connectivity index is 1.40. The summed E-state index contributed by atoms with van der Waals surface area (Å²) in [6.45, 7) is 4.62. The molecule has 10 heteroatoms. The van der Waals surface area contributed by atoms with Gasteiger partial charge in [-0.15, -0.1) is 10.2 Å². The monoisotopic (exact) mass is 475 g/mol. The summed E-state index contributed by atoms with van der Waals surface area (Å²) in [6, 6.07) is 13.4. The van der Waals surface area contributed by atoms with Gasteiger partial charge in [0.1, 0.15) is 23.2 Å². The number of benzene rings is 1. The van der Waals surface area contributed by atoms with E-state index in [4.69, 9.17) is 4.42 Å². The van der Waals surface area contributed by atoms with Gasteiger partial charge < -0.3 is 19.4 Å². The lowest BCUT2D eigenvalue weighted by molar-refractivity contribution is 0.420. The smallest absolute Gasteiger partial charge is 0.228 e. The normalized spacial score (nSPS) is 15.5. The van der Waals surface area contributed by atoms with Crippen molar-refractivity contribution in [2.24, 2.45) is 5.92 Å². The van der Waals surface area contributed by atoms with Crippen LogP contribution in [0.3, 0.4) is 0 Å². The van der Waals surface area contributed by atoms with E-state index in [0.717, 1.165) is 48.7 Å². The van der Waals surface area contributed by atoms with Gasteiger partial charge in [-0.05, 0) is 43.0 Å². The molecule has 1 aromatic carbocycles. The third-order valence-corrected chi connectivity index (χ3v) is 7.00. The number of nitrogens with zero attached hydrogens (tertiary/aromatic N) is 6. The second-order valence-corrected chi connectivity index (χ2v) is 9.38. The minimum absolute atomic E-state index is 0.0625. The third kappa shape index (κ3) is 4.52. The lowest BCUT2D eigenvalue weighted by Gasteiger charge is -2.31. The van der Waals surface area contributed by atoms with E-state index in [1.165, 1.54) is 11.8 Å². The van der Waals surface area contributed by atoms with Crippen LogP contribution in [-0.4, -0.2) is 48.7 Å². The zero-order valence-corrected chi connectivity index (χ0v) is 19.6. The van der Waals surface area contributed by atoms with Crippen molar-refractivity contribution in [3.63, 3.8) is 0 Å². The van der Waals surface area contributed by atoms with Gasteiger partial charge in [0, 0.05) is 13.1 Å². The molecule has 4 aromatic rings. The summed E-state index contributed by atoms with van der Waals surface area (Å²) in [7, 11) is 0. The van der Waals surface area contributed by atoms with Crippen molar-refractivity contribution in [1.82, 2.24) is 24.7 Å². The van der Waals surface area contributed by atoms with Crippen LogP contribution in [0.1, 0.15) is 31.4 Å². The molecule has 0 unspecified atom stereocenters. The lowest BCUT2D eigenvalue weighted by atomic mass is 10.00.